The number of piperidine rings is 1. The van der Waals surface area contributed by atoms with Crippen LogP contribution in [-0.2, 0) is 16.1 Å². The molecule has 33 heavy (non-hydrogen) atoms. The van der Waals surface area contributed by atoms with Gasteiger partial charge in [-0.15, -0.1) is 0 Å². The van der Waals surface area contributed by atoms with Crippen molar-refractivity contribution < 1.29 is 9.53 Å². The van der Waals surface area contributed by atoms with Crippen LogP contribution < -0.4 is 15.8 Å². The maximum absolute atomic E-state index is 13.6. The van der Waals surface area contributed by atoms with Gasteiger partial charge in [-0.2, -0.15) is 0 Å². The Hall–Kier alpha value is -3.19. The Morgan fingerprint density at radius 1 is 1.15 bits per heavy atom. The third-order valence-corrected chi connectivity index (χ3v) is 6.08. The van der Waals surface area contributed by atoms with Crippen LogP contribution in [0.3, 0.4) is 0 Å². The second-order valence-electron chi connectivity index (χ2n) is 8.43. The number of hydrogen-bond acceptors (Lipinski definition) is 5. The zero-order valence-corrected chi connectivity index (χ0v) is 19.2. The lowest BCUT2D eigenvalue weighted by Crippen LogP contribution is -2.46. The topological polar surface area (TPSA) is 76.5 Å². The summed E-state index contributed by atoms with van der Waals surface area (Å²) in [6, 6.07) is 17.7. The number of amides is 1. The van der Waals surface area contributed by atoms with Gasteiger partial charge in [0.25, 0.3) is 5.56 Å². The average Bonchev–Trinajstić information content (AvgIpc) is 2.86. The number of aromatic nitrogens is 2. The van der Waals surface area contributed by atoms with Crippen molar-refractivity contribution in [2.45, 2.75) is 32.7 Å². The highest BCUT2D eigenvalue weighted by Crippen LogP contribution is 2.22. The number of carbonyl (C=O) groups is 1. The molecule has 2 heterocycles. The standard InChI is InChI=1S/C26H32N4O3/c1-2-33-17-9-15-27-25(31)21-12-8-16-29(19-21)24-26(32)30(18-20-10-4-3-5-11-20)23-14-7-6-13-22(23)28-24/h3-7,10-11,13-14,21H,2,8-9,12,15-19H2,1H3,(H,27,31)/t21-/m1/s1. The number of carbonyl (C=O) groups excluding carboxylic acids is 1. The van der Waals surface area contributed by atoms with Crippen LogP contribution in [0.15, 0.2) is 59.4 Å². The van der Waals surface area contributed by atoms with Gasteiger partial charge in [0, 0.05) is 32.8 Å². The first kappa shape index (κ1) is 23.0. The van der Waals surface area contributed by atoms with Crippen LogP contribution in [0.4, 0.5) is 5.82 Å². The summed E-state index contributed by atoms with van der Waals surface area (Å²) in [5, 5.41) is 3.02. The second-order valence-corrected chi connectivity index (χ2v) is 8.43. The Bertz CT molecular complexity index is 1130. The maximum Gasteiger partial charge on any atom is 0.294 e. The van der Waals surface area contributed by atoms with Crippen molar-refractivity contribution >= 4 is 22.8 Å². The van der Waals surface area contributed by atoms with Gasteiger partial charge in [-0.05, 0) is 43.9 Å². The Kier molecular flexibility index (Phi) is 7.73. The average molecular weight is 449 g/mol. The third kappa shape index (κ3) is 5.60. The lowest BCUT2D eigenvalue weighted by molar-refractivity contribution is -0.125. The molecule has 0 saturated carbocycles. The summed E-state index contributed by atoms with van der Waals surface area (Å²) in [5.41, 5.74) is 2.54. The minimum absolute atomic E-state index is 0.0431. The van der Waals surface area contributed by atoms with Crippen LogP contribution in [0.2, 0.25) is 0 Å². The minimum Gasteiger partial charge on any atom is -0.382 e. The van der Waals surface area contributed by atoms with E-state index in [0.717, 1.165) is 42.4 Å². The van der Waals surface area contributed by atoms with E-state index in [4.69, 9.17) is 9.72 Å². The highest BCUT2D eigenvalue weighted by Gasteiger charge is 2.28. The first-order chi connectivity index (χ1) is 16.2. The molecule has 0 radical (unpaired) electrons. The normalized spacial score (nSPS) is 16.2. The molecule has 1 fully saturated rings. The lowest BCUT2D eigenvalue weighted by atomic mass is 9.97. The zero-order chi connectivity index (χ0) is 23.0. The van der Waals surface area contributed by atoms with Gasteiger partial charge in [0.2, 0.25) is 5.91 Å². The number of fused-ring (bicyclic) bond motifs is 1. The van der Waals surface area contributed by atoms with Crippen LogP contribution in [-0.4, -0.2) is 48.3 Å². The van der Waals surface area contributed by atoms with Crippen LogP contribution in [0.5, 0.6) is 0 Å². The van der Waals surface area contributed by atoms with E-state index in [1.807, 2.05) is 66.4 Å². The van der Waals surface area contributed by atoms with E-state index in [2.05, 4.69) is 5.32 Å². The van der Waals surface area contributed by atoms with Crippen LogP contribution in [0, 0.1) is 5.92 Å². The number of hydrogen-bond donors (Lipinski definition) is 1. The Morgan fingerprint density at radius 3 is 2.76 bits per heavy atom. The lowest BCUT2D eigenvalue weighted by Gasteiger charge is -2.32. The van der Waals surface area contributed by atoms with Crippen LogP contribution >= 0.6 is 0 Å². The monoisotopic (exact) mass is 448 g/mol. The van der Waals surface area contributed by atoms with E-state index in [1.165, 1.54) is 0 Å². The molecule has 1 aliphatic rings. The molecule has 0 spiro atoms. The van der Waals surface area contributed by atoms with Gasteiger partial charge in [0.1, 0.15) is 0 Å². The molecule has 1 N–H and O–H groups in total. The SMILES string of the molecule is CCOCCCNC(=O)[C@@H]1CCCN(c2nc3ccccc3n(Cc3ccccc3)c2=O)C1. The molecule has 0 bridgehead atoms. The summed E-state index contributed by atoms with van der Waals surface area (Å²) in [6.07, 6.45) is 2.47. The Balaban J connectivity index is 1.55. The highest BCUT2D eigenvalue weighted by molar-refractivity contribution is 5.80. The van der Waals surface area contributed by atoms with E-state index < -0.39 is 0 Å². The Morgan fingerprint density at radius 2 is 1.94 bits per heavy atom. The van der Waals surface area contributed by atoms with Gasteiger partial charge in [-0.1, -0.05) is 42.5 Å². The molecule has 1 atom stereocenters. The molecule has 0 aliphatic carbocycles. The maximum atomic E-state index is 13.6. The number of nitrogens with one attached hydrogen (secondary N) is 1. The van der Waals surface area contributed by atoms with Gasteiger partial charge in [-0.25, -0.2) is 4.98 Å². The molecule has 1 saturated heterocycles. The molecule has 4 rings (SSSR count). The first-order valence-electron chi connectivity index (χ1n) is 11.8. The smallest absolute Gasteiger partial charge is 0.294 e. The number of ether oxygens (including phenoxy) is 1. The summed E-state index contributed by atoms with van der Waals surface area (Å²) in [4.78, 5) is 33.0. The van der Waals surface area contributed by atoms with Crippen molar-refractivity contribution in [3.63, 3.8) is 0 Å². The van der Waals surface area contributed by atoms with Gasteiger partial charge in [0.15, 0.2) is 5.82 Å². The molecule has 7 nitrogen and oxygen atoms in total. The van der Waals surface area contributed by atoms with Crippen molar-refractivity contribution in [2.75, 3.05) is 37.7 Å². The second kappa shape index (κ2) is 11.1. The predicted molar refractivity (Wildman–Crippen MR) is 131 cm³/mol. The molecule has 3 aromatic rings. The van der Waals surface area contributed by atoms with E-state index in [1.54, 1.807) is 4.57 Å². The summed E-state index contributed by atoms with van der Waals surface area (Å²) >= 11 is 0. The largest absolute Gasteiger partial charge is 0.382 e. The molecule has 7 heteroatoms. The molecule has 0 unspecified atom stereocenters. The van der Waals surface area contributed by atoms with Gasteiger partial charge < -0.3 is 15.0 Å². The molecule has 174 valence electrons. The fourth-order valence-electron chi connectivity index (χ4n) is 4.37. The predicted octanol–water partition coefficient (Wildman–Crippen LogP) is 3.20. The fraction of sp³-hybridized carbons (Fsp3) is 0.423. The summed E-state index contributed by atoms with van der Waals surface area (Å²) in [5.74, 6) is 0.321. The van der Waals surface area contributed by atoms with E-state index >= 15 is 0 Å². The van der Waals surface area contributed by atoms with Crippen molar-refractivity contribution in [3.8, 4) is 0 Å². The minimum atomic E-state index is -0.152. The van der Waals surface area contributed by atoms with Gasteiger partial charge in [-0.3, -0.25) is 14.2 Å². The summed E-state index contributed by atoms with van der Waals surface area (Å²) in [7, 11) is 0. The molecule has 1 aliphatic heterocycles. The van der Waals surface area contributed by atoms with Gasteiger partial charge in [0.05, 0.1) is 23.5 Å². The van der Waals surface area contributed by atoms with Crippen LogP contribution in [0.1, 0.15) is 31.7 Å². The number of nitrogens with zero attached hydrogens (tertiary/aromatic N) is 3. The van der Waals surface area contributed by atoms with Crippen molar-refractivity contribution in [3.05, 3.63) is 70.5 Å². The van der Waals surface area contributed by atoms with E-state index in [9.17, 15) is 9.59 Å². The van der Waals surface area contributed by atoms with E-state index in [0.29, 0.717) is 38.7 Å². The molecule has 1 aromatic heterocycles. The molecule has 1 amide bonds. The third-order valence-electron chi connectivity index (χ3n) is 6.08. The molecular formula is C26H32N4O3. The Labute approximate surface area is 194 Å². The highest BCUT2D eigenvalue weighted by atomic mass is 16.5. The molecule has 2 aromatic carbocycles. The number of benzene rings is 2. The quantitative estimate of drug-likeness (QED) is 0.509. The van der Waals surface area contributed by atoms with Gasteiger partial charge >= 0.3 is 0 Å². The summed E-state index contributed by atoms with van der Waals surface area (Å²) in [6.45, 7) is 5.61. The first-order valence-corrected chi connectivity index (χ1v) is 11.8. The van der Waals surface area contributed by atoms with Crippen molar-refractivity contribution in [1.82, 2.24) is 14.9 Å². The number of rotatable bonds is 9. The van der Waals surface area contributed by atoms with Crippen molar-refractivity contribution in [2.24, 2.45) is 5.92 Å². The zero-order valence-electron chi connectivity index (χ0n) is 19.2. The van der Waals surface area contributed by atoms with Crippen molar-refractivity contribution in [1.29, 1.82) is 0 Å². The number of para-hydroxylation sites is 2. The molecular weight excluding hydrogens is 416 g/mol. The van der Waals surface area contributed by atoms with Crippen LogP contribution in [0.25, 0.3) is 11.0 Å². The summed E-state index contributed by atoms with van der Waals surface area (Å²) < 4.78 is 7.13. The fourth-order valence-corrected chi connectivity index (χ4v) is 4.37. The number of anilines is 1. The van der Waals surface area contributed by atoms with E-state index in [-0.39, 0.29) is 17.4 Å².